The van der Waals surface area contributed by atoms with Gasteiger partial charge in [-0.2, -0.15) is 0 Å². The Morgan fingerprint density at radius 3 is 0.889 bits per heavy atom. The minimum atomic E-state index is 1.06. The van der Waals surface area contributed by atoms with Crippen LogP contribution in [0.1, 0.15) is 11.1 Å². The molecule has 4 nitrogen and oxygen atoms in total. The lowest BCUT2D eigenvalue weighted by Crippen LogP contribution is -2.41. The second kappa shape index (κ2) is 11.0. The van der Waals surface area contributed by atoms with E-state index in [1.54, 1.807) is 0 Å². The van der Waals surface area contributed by atoms with Crippen molar-refractivity contribution in [3.8, 4) is 0 Å². The van der Waals surface area contributed by atoms with Crippen molar-refractivity contribution in [2.75, 3.05) is 47.8 Å². The highest BCUT2D eigenvalue weighted by Gasteiger charge is 2.26. The van der Waals surface area contributed by atoms with Crippen molar-refractivity contribution in [3.63, 3.8) is 0 Å². The predicted molar refractivity (Wildman–Crippen MR) is 156 cm³/mol. The van der Waals surface area contributed by atoms with Gasteiger partial charge in [0.1, 0.15) is 0 Å². The minimum Gasteiger partial charge on any atom is -0.328 e. The summed E-state index contributed by atoms with van der Waals surface area (Å²) in [5.74, 6) is 2.11. The van der Waals surface area contributed by atoms with Gasteiger partial charge in [-0.1, -0.05) is 71.8 Å². The molecule has 0 saturated heterocycles. The molecule has 184 valence electrons. The van der Waals surface area contributed by atoms with Crippen LogP contribution in [0.25, 0.3) is 0 Å². The third kappa shape index (κ3) is 5.38. The summed E-state index contributed by atoms with van der Waals surface area (Å²) in [6.45, 7) is 4.24. The zero-order chi connectivity index (χ0) is 25.7. The number of para-hydroxylation sites is 2. The number of anilines is 4. The van der Waals surface area contributed by atoms with Crippen molar-refractivity contribution in [2.24, 2.45) is 0 Å². The highest BCUT2D eigenvalue weighted by molar-refractivity contribution is 5.68. The Kier molecular flexibility index (Phi) is 7.65. The van der Waals surface area contributed by atoms with Crippen LogP contribution in [-0.2, 0) is 0 Å². The summed E-state index contributed by atoms with van der Waals surface area (Å²) in [6, 6.07) is 38.4. The molecule has 4 heteroatoms. The summed E-state index contributed by atoms with van der Waals surface area (Å²) < 4.78 is 0. The number of hydrogen-bond donors (Lipinski definition) is 0. The Hall–Kier alpha value is -4.18. The minimum absolute atomic E-state index is 1.06. The molecule has 0 aliphatic rings. The molecule has 0 radical (unpaired) electrons. The molecule has 0 atom stereocenters. The lowest BCUT2D eigenvalue weighted by atomic mass is 10.2. The molecular formula is C32H36N4. The predicted octanol–water partition coefficient (Wildman–Crippen LogP) is 7.28. The van der Waals surface area contributed by atoms with Gasteiger partial charge in [0.2, 0.25) is 0 Å². The molecule has 0 amide bonds. The number of aryl methyl sites for hydroxylation is 2. The molecular weight excluding hydrogens is 440 g/mol. The summed E-state index contributed by atoms with van der Waals surface area (Å²) in [6.07, 6.45) is 0. The summed E-state index contributed by atoms with van der Waals surface area (Å²) in [4.78, 5) is 9.07. The standard InChI is InChI=1S/C32H36N4/c1-25-17-21-29(22-18-25)35(5)31(33(3)27-13-9-7-10-14-27)32(34(4)28-15-11-8-12-16-28)36(6)30-23-19-26(2)20-24-30/h7-24H,1-6H3/b32-31-. The second-order valence-electron chi connectivity index (χ2n) is 9.23. The topological polar surface area (TPSA) is 13.0 Å². The Morgan fingerprint density at radius 1 is 0.361 bits per heavy atom. The molecule has 0 spiro atoms. The van der Waals surface area contributed by atoms with Crippen LogP contribution in [0.3, 0.4) is 0 Å². The molecule has 0 saturated carbocycles. The van der Waals surface area contributed by atoms with Crippen LogP contribution in [0.15, 0.2) is 121 Å². The SMILES string of the molecule is Cc1ccc(N(C)/C(=C(/N(C)c2ccccc2)N(C)c2ccc(C)cc2)N(C)c2ccccc2)cc1. The third-order valence-electron chi connectivity index (χ3n) is 6.60. The first-order valence-corrected chi connectivity index (χ1v) is 12.3. The molecule has 0 aromatic heterocycles. The Labute approximate surface area is 216 Å². The van der Waals surface area contributed by atoms with Crippen LogP contribution in [-0.4, -0.2) is 28.2 Å². The molecule has 4 aromatic carbocycles. The fourth-order valence-corrected chi connectivity index (χ4v) is 4.38. The van der Waals surface area contributed by atoms with Gasteiger partial charge < -0.3 is 19.6 Å². The lowest BCUT2D eigenvalue weighted by molar-refractivity contribution is 0.869. The number of rotatable bonds is 8. The van der Waals surface area contributed by atoms with E-state index in [0.29, 0.717) is 0 Å². The summed E-state index contributed by atoms with van der Waals surface area (Å²) >= 11 is 0. The van der Waals surface area contributed by atoms with Crippen LogP contribution >= 0.6 is 0 Å². The van der Waals surface area contributed by atoms with E-state index in [4.69, 9.17) is 0 Å². The average Bonchev–Trinajstić information content (AvgIpc) is 2.92. The van der Waals surface area contributed by atoms with Crippen molar-refractivity contribution in [1.82, 2.24) is 0 Å². The van der Waals surface area contributed by atoms with Crippen molar-refractivity contribution in [1.29, 1.82) is 0 Å². The van der Waals surface area contributed by atoms with Crippen LogP contribution < -0.4 is 19.6 Å². The van der Waals surface area contributed by atoms with Crippen molar-refractivity contribution in [2.45, 2.75) is 13.8 Å². The van der Waals surface area contributed by atoms with Gasteiger partial charge >= 0.3 is 0 Å². The average molecular weight is 477 g/mol. The molecule has 0 N–H and O–H groups in total. The fourth-order valence-electron chi connectivity index (χ4n) is 4.38. The van der Waals surface area contributed by atoms with Gasteiger partial charge in [-0.25, -0.2) is 0 Å². The van der Waals surface area contributed by atoms with Crippen LogP contribution in [0.4, 0.5) is 22.7 Å². The van der Waals surface area contributed by atoms with Crippen LogP contribution in [0.5, 0.6) is 0 Å². The maximum atomic E-state index is 2.27. The number of nitrogens with zero attached hydrogens (tertiary/aromatic N) is 4. The van der Waals surface area contributed by atoms with Crippen molar-refractivity contribution >= 4 is 22.7 Å². The highest BCUT2D eigenvalue weighted by atomic mass is 15.4. The fraction of sp³-hybridized carbons (Fsp3) is 0.188. The van der Waals surface area contributed by atoms with Gasteiger partial charge in [0.25, 0.3) is 0 Å². The lowest BCUT2D eigenvalue weighted by Gasteiger charge is -2.39. The normalized spacial score (nSPS) is 11.5. The monoisotopic (exact) mass is 476 g/mol. The van der Waals surface area contributed by atoms with E-state index in [1.165, 1.54) is 11.1 Å². The highest BCUT2D eigenvalue weighted by Crippen LogP contribution is 2.32. The molecule has 0 heterocycles. The first-order chi connectivity index (χ1) is 17.4. The summed E-state index contributed by atoms with van der Waals surface area (Å²) in [5, 5.41) is 0. The van der Waals surface area contributed by atoms with Gasteiger partial charge in [0.15, 0.2) is 11.6 Å². The first kappa shape index (κ1) is 24.9. The van der Waals surface area contributed by atoms with E-state index >= 15 is 0 Å². The number of benzene rings is 4. The molecule has 4 rings (SSSR count). The smallest absolute Gasteiger partial charge is 0.155 e. The molecule has 4 aromatic rings. The molecule has 36 heavy (non-hydrogen) atoms. The van der Waals surface area contributed by atoms with Gasteiger partial charge in [-0.05, 0) is 62.4 Å². The third-order valence-corrected chi connectivity index (χ3v) is 6.60. The van der Waals surface area contributed by atoms with Gasteiger partial charge in [-0.15, -0.1) is 0 Å². The maximum Gasteiger partial charge on any atom is 0.155 e. The zero-order valence-electron chi connectivity index (χ0n) is 22.2. The molecule has 0 bridgehead atoms. The largest absolute Gasteiger partial charge is 0.328 e. The molecule has 0 aliphatic carbocycles. The quantitative estimate of drug-likeness (QED) is 0.265. The van der Waals surface area contributed by atoms with Gasteiger partial charge in [0.05, 0.1) is 0 Å². The molecule has 0 unspecified atom stereocenters. The number of hydrogen-bond acceptors (Lipinski definition) is 4. The first-order valence-electron chi connectivity index (χ1n) is 12.3. The maximum absolute atomic E-state index is 2.27. The van der Waals surface area contributed by atoms with Crippen molar-refractivity contribution < 1.29 is 0 Å². The Bertz CT molecular complexity index is 1180. The van der Waals surface area contributed by atoms with E-state index in [-0.39, 0.29) is 0 Å². The summed E-state index contributed by atoms with van der Waals surface area (Å²) in [7, 11) is 8.55. The van der Waals surface area contributed by atoms with Gasteiger partial charge in [-0.3, -0.25) is 0 Å². The van der Waals surface area contributed by atoms with Gasteiger partial charge in [0, 0.05) is 50.9 Å². The summed E-state index contributed by atoms with van der Waals surface area (Å²) in [5.41, 5.74) is 6.95. The van der Waals surface area contributed by atoms with E-state index in [0.717, 1.165) is 34.4 Å². The van der Waals surface area contributed by atoms with E-state index < -0.39 is 0 Å². The molecule has 0 aliphatic heterocycles. The Balaban J connectivity index is 1.97. The second-order valence-corrected chi connectivity index (χ2v) is 9.23. The van der Waals surface area contributed by atoms with Crippen LogP contribution in [0.2, 0.25) is 0 Å². The zero-order valence-corrected chi connectivity index (χ0v) is 22.2. The van der Waals surface area contributed by atoms with Crippen molar-refractivity contribution in [3.05, 3.63) is 132 Å². The van der Waals surface area contributed by atoms with E-state index in [1.807, 2.05) is 0 Å². The van der Waals surface area contributed by atoms with Crippen LogP contribution in [0, 0.1) is 13.8 Å². The van der Waals surface area contributed by atoms with E-state index in [9.17, 15) is 0 Å². The molecule has 0 fully saturated rings. The Morgan fingerprint density at radius 2 is 0.611 bits per heavy atom. The van der Waals surface area contributed by atoms with E-state index in [2.05, 4.69) is 171 Å².